The van der Waals surface area contributed by atoms with Crippen molar-refractivity contribution >= 4 is 10.9 Å². The van der Waals surface area contributed by atoms with Crippen molar-refractivity contribution in [2.24, 2.45) is 0 Å². The molecule has 0 amide bonds. The first-order valence-electron chi connectivity index (χ1n) is 6.05. The van der Waals surface area contributed by atoms with Crippen molar-refractivity contribution < 1.29 is 0 Å². The quantitative estimate of drug-likeness (QED) is 0.750. The van der Waals surface area contributed by atoms with E-state index in [1.165, 1.54) is 40.6 Å². The van der Waals surface area contributed by atoms with Crippen molar-refractivity contribution in [1.82, 2.24) is 10.3 Å². The van der Waals surface area contributed by atoms with E-state index in [0.717, 1.165) is 6.42 Å². The Morgan fingerprint density at radius 2 is 2.25 bits per heavy atom. The summed E-state index contributed by atoms with van der Waals surface area (Å²) in [4.78, 5) is 3.56. The molecule has 3 rings (SSSR count). The fraction of sp³-hybridized carbons (Fsp3) is 0.429. The highest BCUT2D eigenvalue weighted by molar-refractivity contribution is 5.85. The largest absolute Gasteiger partial charge is 0.358 e. The molecule has 0 spiro atoms. The zero-order valence-corrected chi connectivity index (χ0v) is 9.93. The van der Waals surface area contributed by atoms with E-state index < -0.39 is 0 Å². The number of rotatable bonds is 1. The van der Waals surface area contributed by atoms with Gasteiger partial charge in [-0.2, -0.15) is 0 Å². The monoisotopic (exact) mass is 214 g/mol. The Hall–Kier alpha value is -1.28. The van der Waals surface area contributed by atoms with Gasteiger partial charge in [-0.25, -0.2) is 0 Å². The highest BCUT2D eigenvalue weighted by atomic mass is 14.9. The van der Waals surface area contributed by atoms with Crippen LogP contribution in [0.1, 0.15) is 23.2 Å². The van der Waals surface area contributed by atoms with Gasteiger partial charge in [-0.1, -0.05) is 11.6 Å². The van der Waals surface area contributed by atoms with Gasteiger partial charge >= 0.3 is 0 Å². The molecule has 0 saturated heterocycles. The molecule has 0 radical (unpaired) electrons. The predicted octanol–water partition coefficient (Wildman–Crippen LogP) is 2.55. The van der Waals surface area contributed by atoms with Gasteiger partial charge in [0.25, 0.3) is 0 Å². The number of fused-ring (bicyclic) bond motifs is 3. The summed E-state index contributed by atoms with van der Waals surface area (Å²) in [5.74, 6) is 0. The summed E-state index contributed by atoms with van der Waals surface area (Å²) >= 11 is 0. The molecule has 1 aliphatic carbocycles. The van der Waals surface area contributed by atoms with E-state index in [9.17, 15) is 0 Å². The van der Waals surface area contributed by atoms with Crippen molar-refractivity contribution in [3.8, 4) is 0 Å². The molecule has 1 aromatic carbocycles. The lowest BCUT2D eigenvalue weighted by Crippen LogP contribution is -2.31. The number of hydrogen-bond donors (Lipinski definition) is 2. The second-order valence-electron chi connectivity index (χ2n) is 4.86. The van der Waals surface area contributed by atoms with E-state index >= 15 is 0 Å². The van der Waals surface area contributed by atoms with Crippen LogP contribution in [0.5, 0.6) is 0 Å². The van der Waals surface area contributed by atoms with Crippen molar-refractivity contribution in [2.45, 2.75) is 32.2 Å². The molecule has 1 atom stereocenters. The van der Waals surface area contributed by atoms with Gasteiger partial charge in [0.1, 0.15) is 0 Å². The van der Waals surface area contributed by atoms with E-state index in [0.29, 0.717) is 6.04 Å². The number of likely N-dealkylation sites (N-methyl/N-ethyl adjacent to an activating group) is 1. The molecular weight excluding hydrogens is 196 g/mol. The van der Waals surface area contributed by atoms with E-state index in [-0.39, 0.29) is 0 Å². The fourth-order valence-corrected chi connectivity index (χ4v) is 2.78. The van der Waals surface area contributed by atoms with Gasteiger partial charge < -0.3 is 10.3 Å². The summed E-state index contributed by atoms with van der Waals surface area (Å²) < 4.78 is 0. The molecule has 0 aliphatic heterocycles. The maximum atomic E-state index is 3.56. The molecule has 2 nitrogen and oxygen atoms in total. The molecule has 1 heterocycles. The lowest BCUT2D eigenvalue weighted by Gasteiger charge is -2.21. The number of H-pyrrole nitrogens is 1. The Labute approximate surface area is 96.1 Å². The zero-order valence-electron chi connectivity index (χ0n) is 9.93. The molecule has 1 unspecified atom stereocenters. The number of benzene rings is 1. The molecule has 1 aliphatic rings. The second-order valence-corrected chi connectivity index (χ2v) is 4.86. The molecule has 16 heavy (non-hydrogen) atoms. The normalized spacial score (nSPS) is 20.0. The third-order valence-electron chi connectivity index (χ3n) is 3.75. The summed E-state index contributed by atoms with van der Waals surface area (Å²) in [6, 6.07) is 7.34. The third-order valence-corrected chi connectivity index (χ3v) is 3.75. The molecule has 2 N–H and O–H groups in total. The summed E-state index contributed by atoms with van der Waals surface area (Å²) in [5, 5.41) is 4.83. The maximum Gasteiger partial charge on any atom is 0.0459 e. The Morgan fingerprint density at radius 3 is 3.06 bits per heavy atom. The van der Waals surface area contributed by atoms with Gasteiger partial charge in [0.2, 0.25) is 0 Å². The number of aromatic amines is 1. The van der Waals surface area contributed by atoms with Crippen LogP contribution in [0.4, 0.5) is 0 Å². The Morgan fingerprint density at radius 1 is 1.38 bits per heavy atom. The first-order valence-corrected chi connectivity index (χ1v) is 6.05. The SMILES string of the molecule is CNC1CCc2[nH]c3ccc(C)cc3c2C1. The van der Waals surface area contributed by atoms with E-state index in [4.69, 9.17) is 0 Å². The molecule has 2 aromatic rings. The topological polar surface area (TPSA) is 27.8 Å². The van der Waals surface area contributed by atoms with Gasteiger partial charge in [0.15, 0.2) is 0 Å². The molecule has 0 fully saturated rings. The van der Waals surface area contributed by atoms with Gasteiger partial charge in [-0.3, -0.25) is 0 Å². The third kappa shape index (κ3) is 1.45. The lowest BCUT2D eigenvalue weighted by molar-refractivity contribution is 0.495. The summed E-state index contributed by atoms with van der Waals surface area (Å²) in [5.41, 5.74) is 5.63. The van der Waals surface area contributed by atoms with Crippen molar-refractivity contribution in [2.75, 3.05) is 7.05 Å². The smallest absolute Gasteiger partial charge is 0.0459 e. The molecular formula is C14H18N2. The molecule has 0 bridgehead atoms. The van der Waals surface area contributed by atoms with Crippen molar-refractivity contribution in [1.29, 1.82) is 0 Å². The number of aryl methyl sites for hydroxylation is 2. The maximum absolute atomic E-state index is 3.56. The minimum Gasteiger partial charge on any atom is -0.358 e. The number of aromatic nitrogens is 1. The Balaban J connectivity index is 2.15. The highest BCUT2D eigenvalue weighted by Gasteiger charge is 2.21. The summed E-state index contributed by atoms with van der Waals surface area (Å²) in [7, 11) is 2.07. The number of nitrogens with one attached hydrogen (secondary N) is 2. The average molecular weight is 214 g/mol. The van der Waals surface area contributed by atoms with Crippen LogP contribution in [-0.2, 0) is 12.8 Å². The van der Waals surface area contributed by atoms with Crippen molar-refractivity contribution in [3.05, 3.63) is 35.0 Å². The van der Waals surface area contributed by atoms with Gasteiger partial charge in [0.05, 0.1) is 0 Å². The summed E-state index contributed by atoms with van der Waals surface area (Å²) in [6.07, 6.45) is 3.58. The van der Waals surface area contributed by atoms with Crippen LogP contribution in [0.15, 0.2) is 18.2 Å². The standard InChI is InChI=1S/C14H18N2/c1-9-3-5-13-11(7-9)12-8-10(15-2)4-6-14(12)16-13/h3,5,7,10,15-16H,4,6,8H2,1-2H3. The number of hydrogen-bond acceptors (Lipinski definition) is 1. The summed E-state index contributed by atoms with van der Waals surface area (Å²) in [6.45, 7) is 2.16. The molecule has 2 heteroatoms. The van der Waals surface area contributed by atoms with Crippen LogP contribution in [0.2, 0.25) is 0 Å². The molecule has 84 valence electrons. The first kappa shape index (κ1) is 9.91. The first-order chi connectivity index (χ1) is 7.78. The van der Waals surface area contributed by atoms with Gasteiger partial charge in [0, 0.05) is 22.6 Å². The highest BCUT2D eigenvalue weighted by Crippen LogP contribution is 2.29. The molecule has 1 aromatic heterocycles. The lowest BCUT2D eigenvalue weighted by atomic mass is 9.91. The van der Waals surface area contributed by atoms with E-state index in [2.05, 4.69) is 42.5 Å². The second kappa shape index (κ2) is 3.63. The van der Waals surface area contributed by atoms with Gasteiger partial charge in [-0.15, -0.1) is 0 Å². The minimum atomic E-state index is 0.645. The fourth-order valence-electron chi connectivity index (χ4n) is 2.78. The van der Waals surface area contributed by atoms with Crippen LogP contribution in [0.3, 0.4) is 0 Å². The minimum absolute atomic E-state index is 0.645. The Kier molecular flexibility index (Phi) is 2.25. The van der Waals surface area contributed by atoms with E-state index in [1.807, 2.05) is 0 Å². The van der Waals surface area contributed by atoms with E-state index in [1.54, 1.807) is 0 Å². The Bertz CT molecular complexity index is 525. The van der Waals surface area contributed by atoms with Crippen LogP contribution in [0, 0.1) is 6.92 Å². The predicted molar refractivity (Wildman–Crippen MR) is 67.9 cm³/mol. The van der Waals surface area contributed by atoms with Crippen LogP contribution < -0.4 is 5.32 Å². The van der Waals surface area contributed by atoms with Gasteiger partial charge in [-0.05, 0) is 50.9 Å². The van der Waals surface area contributed by atoms with Crippen molar-refractivity contribution in [3.63, 3.8) is 0 Å². The average Bonchev–Trinajstić information content (AvgIpc) is 2.66. The molecule has 0 saturated carbocycles. The zero-order chi connectivity index (χ0) is 11.1. The van der Waals surface area contributed by atoms with Crippen LogP contribution >= 0.6 is 0 Å². The van der Waals surface area contributed by atoms with Crippen LogP contribution in [-0.4, -0.2) is 18.1 Å². The van der Waals surface area contributed by atoms with Crippen LogP contribution in [0.25, 0.3) is 10.9 Å².